The summed E-state index contributed by atoms with van der Waals surface area (Å²) in [6.45, 7) is 1.29. The number of sulfone groups is 1. The zero-order valence-corrected chi connectivity index (χ0v) is 20.4. The number of rotatable bonds is 8. The molecule has 1 N–H and O–H groups in total. The summed E-state index contributed by atoms with van der Waals surface area (Å²) in [4.78, 5) is 13.0. The minimum Gasteiger partial charge on any atom is -0.348 e. The minimum atomic E-state index is -4.04. The second-order valence-electron chi connectivity index (χ2n) is 7.43. The molecule has 7 nitrogen and oxygen atoms in total. The van der Waals surface area contributed by atoms with Crippen LogP contribution in [-0.4, -0.2) is 35.5 Å². The molecule has 0 radical (unpaired) electrons. The van der Waals surface area contributed by atoms with Crippen LogP contribution in [0, 0.1) is 0 Å². The van der Waals surface area contributed by atoms with Gasteiger partial charge in [0, 0.05) is 11.3 Å². The molecular weight excluding hydrogens is 484 g/mol. The van der Waals surface area contributed by atoms with Gasteiger partial charge in [-0.05, 0) is 61.0 Å². The number of amides is 1. The van der Waals surface area contributed by atoms with E-state index in [1.165, 1.54) is 36.4 Å². The van der Waals surface area contributed by atoms with E-state index in [0.717, 1.165) is 10.6 Å². The summed E-state index contributed by atoms with van der Waals surface area (Å²) in [7, 11) is -7.37. The maximum atomic E-state index is 13.3. The number of halogens is 1. The van der Waals surface area contributed by atoms with Crippen LogP contribution < -0.4 is 9.62 Å². The van der Waals surface area contributed by atoms with E-state index in [1.807, 2.05) is 0 Å². The van der Waals surface area contributed by atoms with E-state index >= 15 is 0 Å². The molecule has 33 heavy (non-hydrogen) atoms. The first kappa shape index (κ1) is 24.8. The van der Waals surface area contributed by atoms with E-state index in [-0.39, 0.29) is 9.79 Å². The Morgan fingerprint density at radius 1 is 0.879 bits per heavy atom. The molecule has 3 aromatic carbocycles. The van der Waals surface area contributed by atoms with Crippen LogP contribution in [0.2, 0.25) is 5.02 Å². The molecule has 1 amide bonds. The van der Waals surface area contributed by atoms with Gasteiger partial charge in [0.2, 0.25) is 5.91 Å². The lowest BCUT2D eigenvalue weighted by molar-refractivity contribution is -0.120. The normalized spacial score (nSPS) is 12.7. The summed E-state index contributed by atoms with van der Waals surface area (Å²) in [6.07, 6.45) is 1.12. The lowest BCUT2D eigenvalue weighted by Gasteiger charge is -2.25. The van der Waals surface area contributed by atoms with Crippen LogP contribution in [0.4, 0.5) is 5.69 Å². The molecule has 0 fully saturated rings. The fraction of sp³-hybridized carbons (Fsp3) is 0.174. The van der Waals surface area contributed by atoms with E-state index in [1.54, 1.807) is 49.4 Å². The van der Waals surface area contributed by atoms with Crippen LogP contribution in [0.25, 0.3) is 0 Å². The van der Waals surface area contributed by atoms with Crippen molar-refractivity contribution in [3.05, 3.63) is 89.4 Å². The number of carbonyl (C=O) groups is 1. The summed E-state index contributed by atoms with van der Waals surface area (Å²) < 4.78 is 50.9. The molecule has 0 heterocycles. The number of nitrogens with zero attached hydrogens (tertiary/aromatic N) is 1. The number of hydrogen-bond acceptors (Lipinski definition) is 5. The van der Waals surface area contributed by atoms with Gasteiger partial charge in [-0.15, -0.1) is 0 Å². The Bertz CT molecular complexity index is 1330. The highest BCUT2D eigenvalue weighted by atomic mass is 35.5. The van der Waals surface area contributed by atoms with Gasteiger partial charge < -0.3 is 5.32 Å². The van der Waals surface area contributed by atoms with Gasteiger partial charge in [-0.1, -0.05) is 41.9 Å². The van der Waals surface area contributed by atoms with Crippen molar-refractivity contribution >= 4 is 43.1 Å². The van der Waals surface area contributed by atoms with Gasteiger partial charge in [0.1, 0.15) is 6.54 Å². The molecule has 0 saturated heterocycles. The number of sulfonamides is 1. The van der Waals surface area contributed by atoms with Crippen LogP contribution in [0.5, 0.6) is 0 Å². The molecule has 3 rings (SSSR count). The smallest absolute Gasteiger partial charge is 0.264 e. The SMILES string of the molecule is C[C@H](NC(=O)CN(c1ccccc1)S(=O)(=O)c1ccc(Cl)cc1)c1ccc(S(C)(=O)=O)cc1. The van der Waals surface area contributed by atoms with Gasteiger partial charge >= 0.3 is 0 Å². The molecule has 3 aromatic rings. The van der Waals surface area contributed by atoms with Gasteiger partial charge in [-0.25, -0.2) is 16.8 Å². The molecule has 0 aromatic heterocycles. The average Bonchev–Trinajstić information content (AvgIpc) is 2.77. The molecule has 0 saturated carbocycles. The Hall–Kier alpha value is -2.88. The summed E-state index contributed by atoms with van der Waals surface area (Å²) in [6, 6.07) is 19.7. The molecule has 0 aliphatic heterocycles. The van der Waals surface area contributed by atoms with Crippen molar-refractivity contribution in [3.63, 3.8) is 0 Å². The van der Waals surface area contributed by atoms with E-state index in [4.69, 9.17) is 11.6 Å². The van der Waals surface area contributed by atoms with E-state index in [2.05, 4.69) is 5.32 Å². The van der Waals surface area contributed by atoms with E-state index in [9.17, 15) is 21.6 Å². The highest BCUT2D eigenvalue weighted by Gasteiger charge is 2.27. The fourth-order valence-corrected chi connectivity index (χ4v) is 5.33. The molecule has 0 spiro atoms. The Morgan fingerprint density at radius 2 is 1.42 bits per heavy atom. The first-order chi connectivity index (χ1) is 15.5. The van der Waals surface area contributed by atoms with Crippen molar-refractivity contribution in [1.29, 1.82) is 0 Å². The van der Waals surface area contributed by atoms with Crippen LogP contribution in [0.1, 0.15) is 18.5 Å². The average molecular weight is 507 g/mol. The van der Waals surface area contributed by atoms with Crippen molar-refractivity contribution in [2.75, 3.05) is 17.1 Å². The predicted octanol–water partition coefficient (Wildman–Crippen LogP) is 3.82. The van der Waals surface area contributed by atoms with Crippen molar-refractivity contribution in [1.82, 2.24) is 5.32 Å². The number of anilines is 1. The molecule has 0 bridgehead atoms. The van der Waals surface area contributed by atoms with Crippen LogP contribution in [-0.2, 0) is 24.7 Å². The quantitative estimate of drug-likeness (QED) is 0.500. The summed E-state index contributed by atoms with van der Waals surface area (Å²) in [5, 5.41) is 3.17. The standard InChI is InChI=1S/C23H23ClN2O5S2/c1-17(18-8-12-21(13-9-18)32(2,28)29)25-23(27)16-26(20-6-4-3-5-7-20)33(30,31)22-14-10-19(24)11-15-22/h3-15,17H,16H2,1-2H3,(H,25,27)/t17-/m0/s1. The summed E-state index contributed by atoms with van der Waals surface area (Å²) in [5.41, 5.74) is 1.02. The molecule has 1 atom stereocenters. The zero-order chi connectivity index (χ0) is 24.2. The molecule has 174 valence electrons. The van der Waals surface area contributed by atoms with Gasteiger partial charge in [0.05, 0.1) is 21.5 Å². The van der Waals surface area contributed by atoms with Crippen LogP contribution in [0.3, 0.4) is 0 Å². The lowest BCUT2D eigenvalue weighted by atomic mass is 10.1. The van der Waals surface area contributed by atoms with E-state index < -0.39 is 38.4 Å². The third-order valence-corrected chi connectivity index (χ3v) is 8.09. The zero-order valence-electron chi connectivity index (χ0n) is 18.0. The van der Waals surface area contributed by atoms with Gasteiger partial charge in [0.15, 0.2) is 9.84 Å². The number of nitrogens with one attached hydrogen (secondary N) is 1. The predicted molar refractivity (Wildman–Crippen MR) is 129 cm³/mol. The minimum absolute atomic E-state index is 0.00738. The van der Waals surface area contributed by atoms with Gasteiger partial charge in [0.25, 0.3) is 10.0 Å². The fourth-order valence-electron chi connectivity index (χ4n) is 3.15. The highest BCUT2D eigenvalue weighted by molar-refractivity contribution is 7.93. The topological polar surface area (TPSA) is 101 Å². The largest absolute Gasteiger partial charge is 0.348 e. The summed E-state index contributed by atoms with van der Waals surface area (Å²) >= 11 is 5.89. The maximum absolute atomic E-state index is 13.3. The molecule has 0 aliphatic rings. The third-order valence-electron chi connectivity index (χ3n) is 4.92. The number of para-hydroxylation sites is 1. The van der Waals surface area contributed by atoms with Crippen molar-refractivity contribution < 1.29 is 21.6 Å². The monoisotopic (exact) mass is 506 g/mol. The van der Waals surface area contributed by atoms with Crippen LogP contribution in [0.15, 0.2) is 88.7 Å². The van der Waals surface area contributed by atoms with Crippen molar-refractivity contribution in [2.24, 2.45) is 0 Å². The molecule has 0 unspecified atom stereocenters. The number of carbonyl (C=O) groups excluding carboxylic acids is 1. The van der Waals surface area contributed by atoms with E-state index in [0.29, 0.717) is 16.3 Å². The second-order valence-corrected chi connectivity index (χ2v) is 11.7. The Kier molecular flexibility index (Phi) is 7.46. The second kappa shape index (κ2) is 9.94. The highest BCUT2D eigenvalue weighted by Crippen LogP contribution is 2.25. The van der Waals surface area contributed by atoms with Gasteiger partial charge in [-0.3, -0.25) is 9.10 Å². The van der Waals surface area contributed by atoms with Crippen molar-refractivity contribution in [2.45, 2.75) is 22.8 Å². The van der Waals surface area contributed by atoms with Gasteiger partial charge in [-0.2, -0.15) is 0 Å². The van der Waals surface area contributed by atoms with Crippen LogP contribution >= 0.6 is 11.6 Å². The Balaban J connectivity index is 1.83. The van der Waals surface area contributed by atoms with Crippen molar-refractivity contribution in [3.8, 4) is 0 Å². The first-order valence-corrected chi connectivity index (χ1v) is 13.6. The molecule has 0 aliphatic carbocycles. The summed E-state index contributed by atoms with van der Waals surface area (Å²) in [5.74, 6) is -0.518. The lowest BCUT2D eigenvalue weighted by Crippen LogP contribution is -2.41. The Morgan fingerprint density at radius 3 is 1.97 bits per heavy atom. The maximum Gasteiger partial charge on any atom is 0.264 e. The number of benzene rings is 3. The number of hydrogen-bond donors (Lipinski definition) is 1. The molecular formula is C23H23ClN2O5S2. The Labute approximate surface area is 199 Å². The first-order valence-electron chi connectivity index (χ1n) is 9.91. The third kappa shape index (κ3) is 6.13. The molecule has 10 heteroatoms.